The smallest absolute Gasteiger partial charge is 0.306 e. The molecule has 0 aliphatic carbocycles. The maximum Gasteiger partial charge on any atom is 0.306 e. The molecule has 0 aromatic heterocycles. The molecule has 1 atom stereocenters. The van der Waals surface area contributed by atoms with Crippen LogP contribution in [0.5, 0.6) is 0 Å². The van der Waals surface area contributed by atoms with E-state index >= 15 is 0 Å². The van der Waals surface area contributed by atoms with Gasteiger partial charge in [0.25, 0.3) is 0 Å². The van der Waals surface area contributed by atoms with E-state index in [2.05, 4.69) is 142 Å². The van der Waals surface area contributed by atoms with Crippen LogP contribution in [0.2, 0.25) is 0 Å². The zero-order valence-corrected chi connectivity index (χ0v) is 54.4. The number of allylic oxidation sites excluding steroid dienone is 20. The third-order valence-corrected chi connectivity index (χ3v) is 14.9. The first kappa shape index (κ1) is 78.8. The number of hydrogen-bond donors (Lipinski definition) is 0. The number of carbonyl (C=O) groups is 3. The summed E-state index contributed by atoms with van der Waals surface area (Å²) in [6, 6.07) is 0. The lowest BCUT2D eigenvalue weighted by Gasteiger charge is -2.18. The number of unbranched alkanes of at least 4 members (excludes halogenated alkanes) is 32. The molecular formula is C77H130O6. The summed E-state index contributed by atoms with van der Waals surface area (Å²) in [6.07, 6.45) is 97.8. The van der Waals surface area contributed by atoms with Crippen LogP contribution in [0.15, 0.2) is 122 Å². The van der Waals surface area contributed by atoms with Crippen molar-refractivity contribution in [1.29, 1.82) is 0 Å². The van der Waals surface area contributed by atoms with Gasteiger partial charge in [0.15, 0.2) is 6.10 Å². The summed E-state index contributed by atoms with van der Waals surface area (Å²) in [5.74, 6) is -0.901. The molecule has 474 valence electrons. The summed E-state index contributed by atoms with van der Waals surface area (Å²) in [5.41, 5.74) is 0. The van der Waals surface area contributed by atoms with Crippen molar-refractivity contribution in [2.75, 3.05) is 13.2 Å². The van der Waals surface area contributed by atoms with Gasteiger partial charge < -0.3 is 14.2 Å². The fourth-order valence-corrected chi connectivity index (χ4v) is 9.68. The lowest BCUT2D eigenvalue weighted by Crippen LogP contribution is -2.30. The quantitative estimate of drug-likeness (QED) is 0.0261. The summed E-state index contributed by atoms with van der Waals surface area (Å²) in [7, 11) is 0. The second kappa shape index (κ2) is 70.3. The number of carbonyl (C=O) groups excluding carboxylic acids is 3. The Kier molecular flexibility index (Phi) is 66.7. The van der Waals surface area contributed by atoms with Gasteiger partial charge in [0.1, 0.15) is 13.2 Å². The first-order valence-electron chi connectivity index (χ1n) is 35.0. The zero-order chi connectivity index (χ0) is 59.9. The van der Waals surface area contributed by atoms with Gasteiger partial charge in [0, 0.05) is 19.3 Å². The Morgan fingerprint density at radius 2 is 0.470 bits per heavy atom. The fourth-order valence-electron chi connectivity index (χ4n) is 9.68. The second-order valence-electron chi connectivity index (χ2n) is 23.1. The molecule has 0 aliphatic rings. The van der Waals surface area contributed by atoms with Crippen molar-refractivity contribution in [2.45, 2.75) is 335 Å². The lowest BCUT2D eigenvalue weighted by atomic mass is 10.1. The average Bonchev–Trinajstić information content (AvgIpc) is 3.49. The SMILES string of the molecule is CC/C=C\C/C=C\C/C=C\C/C=C\C/C=C\C/C=C\C/C=C\CCCCCCCCCC(=O)OCC(COC(=O)CCCCCCC/C=C\CCCCCCCC)OC(=O)CCCCCCCCCCC/C=C\C/C=C\CCCCCCC. The number of ether oxygens (including phenoxy) is 3. The molecule has 0 saturated heterocycles. The molecule has 0 rings (SSSR count). The topological polar surface area (TPSA) is 78.9 Å². The molecule has 0 bridgehead atoms. The van der Waals surface area contributed by atoms with Crippen LogP contribution in [0.4, 0.5) is 0 Å². The highest BCUT2D eigenvalue weighted by atomic mass is 16.6. The average molecular weight is 1150 g/mol. The van der Waals surface area contributed by atoms with Crippen LogP contribution in [0.1, 0.15) is 329 Å². The third kappa shape index (κ3) is 68.5. The maximum absolute atomic E-state index is 13.0. The molecule has 6 nitrogen and oxygen atoms in total. The van der Waals surface area contributed by atoms with Gasteiger partial charge in [-0.05, 0) is 135 Å². The molecule has 0 heterocycles. The summed E-state index contributed by atoms with van der Waals surface area (Å²) in [6.45, 7) is 6.52. The van der Waals surface area contributed by atoms with Gasteiger partial charge in [-0.1, -0.05) is 296 Å². The Bertz CT molecular complexity index is 1700. The van der Waals surface area contributed by atoms with Crippen molar-refractivity contribution in [3.63, 3.8) is 0 Å². The van der Waals surface area contributed by atoms with Gasteiger partial charge >= 0.3 is 17.9 Å². The van der Waals surface area contributed by atoms with E-state index in [0.29, 0.717) is 19.3 Å². The third-order valence-electron chi connectivity index (χ3n) is 14.9. The summed E-state index contributed by atoms with van der Waals surface area (Å²) < 4.78 is 17.0. The molecule has 0 fully saturated rings. The number of esters is 3. The molecule has 6 heteroatoms. The lowest BCUT2D eigenvalue weighted by molar-refractivity contribution is -0.167. The molecule has 0 aliphatic heterocycles. The second-order valence-corrected chi connectivity index (χ2v) is 23.1. The molecule has 83 heavy (non-hydrogen) atoms. The molecule has 0 radical (unpaired) electrons. The predicted octanol–water partition coefficient (Wildman–Crippen LogP) is 24.3. The van der Waals surface area contributed by atoms with Crippen LogP contribution < -0.4 is 0 Å². The van der Waals surface area contributed by atoms with Gasteiger partial charge in [-0.3, -0.25) is 14.4 Å². The van der Waals surface area contributed by atoms with E-state index in [9.17, 15) is 14.4 Å². The number of hydrogen-bond acceptors (Lipinski definition) is 6. The Labute approximate surface area is 513 Å². The van der Waals surface area contributed by atoms with Crippen LogP contribution in [-0.2, 0) is 28.6 Å². The first-order chi connectivity index (χ1) is 41.0. The van der Waals surface area contributed by atoms with Gasteiger partial charge in [0.2, 0.25) is 0 Å². The van der Waals surface area contributed by atoms with E-state index < -0.39 is 6.10 Å². The highest BCUT2D eigenvalue weighted by Crippen LogP contribution is 2.16. The van der Waals surface area contributed by atoms with E-state index in [1.165, 1.54) is 167 Å². The van der Waals surface area contributed by atoms with Crippen molar-refractivity contribution >= 4 is 17.9 Å². The predicted molar refractivity (Wildman–Crippen MR) is 362 cm³/mol. The standard InChI is InChI=1S/C77H130O6/c1-4-7-10-13-16-19-22-25-28-30-32-34-35-36-37-38-39-40-41-43-44-46-49-52-55-58-61-64-67-70-76(79)82-73-74(72-81-75(78)69-66-63-60-57-54-51-48-27-24-21-18-15-12-9-6-3)83-77(80)71-68-65-62-59-56-53-50-47-45-42-33-31-29-26-23-20-17-14-11-8-5-2/h7,10,16,19,23,25-28,31-34,36-37,39-40,43-44,48,74H,4-6,8-9,11-15,17-18,20-22,24,29-30,35,38,41-42,45-47,49-73H2,1-3H3/b10-7-,19-16-,26-23-,28-25-,33-31-,34-32-,37-36-,40-39-,44-43-,48-27-. The Hall–Kier alpha value is -4.19. The van der Waals surface area contributed by atoms with Gasteiger partial charge in [-0.25, -0.2) is 0 Å². The van der Waals surface area contributed by atoms with Crippen molar-refractivity contribution in [1.82, 2.24) is 0 Å². The molecule has 0 aromatic carbocycles. The van der Waals surface area contributed by atoms with Crippen LogP contribution in [0, 0.1) is 0 Å². The van der Waals surface area contributed by atoms with E-state index in [4.69, 9.17) is 14.2 Å². The fraction of sp³-hybridized carbons (Fsp3) is 0.701. The molecule has 0 amide bonds. The van der Waals surface area contributed by atoms with Crippen LogP contribution in [0.25, 0.3) is 0 Å². The summed E-state index contributed by atoms with van der Waals surface area (Å²) >= 11 is 0. The van der Waals surface area contributed by atoms with E-state index in [1.54, 1.807) is 0 Å². The van der Waals surface area contributed by atoms with Crippen LogP contribution in [-0.4, -0.2) is 37.2 Å². The van der Waals surface area contributed by atoms with Gasteiger partial charge in [0.05, 0.1) is 0 Å². The van der Waals surface area contributed by atoms with E-state index in [0.717, 1.165) is 122 Å². The van der Waals surface area contributed by atoms with Crippen LogP contribution >= 0.6 is 0 Å². The van der Waals surface area contributed by atoms with Crippen molar-refractivity contribution in [2.24, 2.45) is 0 Å². The van der Waals surface area contributed by atoms with Gasteiger partial charge in [-0.15, -0.1) is 0 Å². The van der Waals surface area contributed by atoms with E-state index in [-0.39, 0.29) is 31.1 Å². The Morgan fingerprint density at radius 3 is 0.747 bits per heavy atom. The molecule has 0 aromatic rings. The monoisotopic (exact) mass is 1150 g/mol. The number of rotatable bonds is 63. The largest absolute Gasteiger partial charge is 0.462 e. The normalized spacial score (nSPS) is 12.9. The Morgan fingerprint density at radius 1 is 0.253 bits per heavy atom. The molecular weight excluding hydrogens is 1020 g/mol. The van der Waals surface area contributed by atoms with Crippen LogP contribution in [0.3, 0.4) is 0 Å². The highest BCUT2D eigenvalue weighted by Gasteiger charge is 2.19. The zero-order valence-electron chi connectivity index (χ0n) is 54.4. The minimum Gasteiger partial charge on any atom is -0.462 e. The minimum absolute atomic E-state index is 0.0882. The van der Waals surface area contributed by atoms with Crippen molar-refractivity contribution < 1.29 is 28.6 Å². The summed E-state index contributed by atoms with van der Waals surface area (Å²) in [5, 5.41) is 0. The highest BCUT2D eigenvalue weighted by molar-refractivity contribution is 5.71. The van der Waals surface area contributed by atoms with Crippen molar-refractivity contribution in [3.05, 3.63) is 122 Å². The minimum atomic E-state index is -0.793. The maximum atomic E-state index is 13.0. The molecule has 0 N–H and O–H groups in total. The van der Waals surface area contributed by atoms with Crippen molar-refractivity contribution in [3.8, 4) is 0 Å². The van der Waals surface area contributed by atoms with E-state index in [1.807, 2.05) is 0 Å². The van der Waals surface area contributed by atoms with Gasteiger partial charge in [-0.2, -0.15) is 0 Å². The first-order valence-corrected chi connectivity index (χ1v) is 35.0. The molecule has 0 saturated carbocycles. The summed E-state index contributed by atoms with van der Waals surface area (Å²) in [4.78, 5) is 38.5. The molecule has 1 unspecified atom stereocenters. The Balaban J connectivity index is 4.38. The molecule has 0 spiro atoms.